The van der Waals surface area contributed by atoms with Gasteiger partial charge in [-0.15, -0.1) is 0 Å². The summed E-state index contributed by atoms with van der Waals surface area (Å²) in [5.74, 6) is -0.306. The number of carbonyl (C=O) groups is 2. The number of hydrogen-bond acceptors (Lipinski definition) is 3. The Labute approximate surface area is 153 Å². The Morgan fingerprint density at radius 1 is 1.04 bits per heavy atom. The Morgan fingerprint density at radius 3 is 2.36 bits per heavy atom. The van der Waals surface area contributed by atoms with E-state index in [1.807, 2.05) is 30.3 Å². The number of benzene rings is 2. The Balaban J connectivity index is 2.11. The maximum Gasteiger partial charge on any atom is 0.256 e. The minimum Gasteiger partial charge on any atom is -0.337 e. The van der Waals surface area contributed by atoms with E-state index in [1.54, 1.807) is 43.1 Å². The van der Waals surface area contributed by atoms with Crippen LogP contribution in [0.15, 0.2) is 54.6 Å². The summed E-state index contributed by atoms with van der Waals surface area (Å²) in [6, 6.07) is 16.9. The van der Waals surface area contributed by atoms with E-state index in [-0.39, 0.29) is 16.9 Å². The molecule has 0 unspecified atom stereocenters. The molecule has 0 bridgehead atoms. The van der Waals surface area contributed by atoms with Crippen LogP contribution in [-0.4, -0.2) is 28.9 Å². The van der Waals surface area contributed by atoms with Gasteiger partial charge in [-0.2, -0.15) is 0 Å². The fraction of sp³-hybridized carbons (Fsp3) is 0.211. The molecule has 5 nitrogen and oxygen atoms in total. The molecular formula is C19H21N3O2S. The lowest BCUT2D eigenvalue weighted by Crippen LogP contribution is -2.34. The van der Waals surface area contributed by atoms with Crippen molar-refractivity contribution in [1.29, 1.82) is 0 Å². The molecule has 0 fully saturated rings. The molecule has 0 saturated carbocycles. The lowest BCUT2D eigenvalue weighted by Gasteiger charge is -2.20. The molecule has 0 saturated heterocycles. The Kier molecular flexibility index (Phi) is 6.65. The van der Waals surface area contributed by atoms with Crippen LogP contribution in [0.2, 0.25) is 0 Å². The van der Waals surface area contributed by atoms with Crippen LogP contribution < -0.4 is 10.6 Å². The normalized spacial score (nSPS) is 10.0. The molecule has 2 N–H and O–H groups in total. The van der Waals surface area contributed by atoms with Crippen molar-refractivity contribution in [2.75, 3.05) is 12.4 Å². The number of para-hydroxylation sites is 1. The number of anilines is 1. The molecule has 130 valence electrons. The molecule has 6 heteroatoms. The molecule has 0 heterocycles. The number of amides is 2. The fourth-order valence-corrected chi connectivity index (χ4v) is 2.51. The van der Waals surface area contributed by atoms with Crippen molar-refractivity contribution in [3.05, 3.63) is 65.7 Å². The second-order valence-electron chi connectivity index (χ2n) is 5.55. The first kappa shape index (κ1) is 18.6. The molecule has 2 rings (SSSR count). The van der Waals surface area contributed by atoms with Gasteiger partial charge in [-0.3, -0.25) is 9.59 Å². The van der Waals surface area contributed by atoms with Gasteiger partial charge in [-0.05, 0) is 29.9 Å². The summed E-state index contributed by atoms with van der Waals surface area (Å²) in [5, 5.41) is 5.68. The highest BCUT2D eigenvalue weighted by molar-refractivity contribution is 7.80. The van der Waals surface area contributed by atoms with Gasteiger partial charge < -0.3 is 15.5 Å². The first-order valence-electron chi connectivity index (χ1n) is 8.00. The molecule has 0 aliphatic heterocycles. The van der Waals surface area contributed by atoms with Gasteiger partial charge in [-0.1, -0.05) is 49.4 Å². The van der Waals surface area contributed by atoms with Crippen LogP contribution in [0.3, 0.4) is 0 Å². The topological polar surface area (TPSA) is 61.4 Å². The molecule has 0 radical (unpaired) electrons. The van der Waals surface area contributed by atoms with Crippen LogP contribution in [0.25, 0.3) is 0 Å². The molecule has 2 aromatic carbocycles. The van der Waals surface area contributed by atoms with Crippen molar-refractivity contribution in [2.24, 2.45) is 0 Å². The SMILES string of the molecule is CCC(=O)NC(=S)Nc1ccccc1C(=O)N(C)Cc1ccccc1. The van der Waals surface area contributed by atoms with Gasteiger partial charge in [0, 0.05) is 20.0 Å². The van der Waals surface area contributed by atoms with E-state index in [4.69, 9.17) is 12.2 Å². The number of nitrogens with zero attached hydrogens (tertiary/aromatic N) is 1. The predicted molar refractivity (Wildman–Crippen MR) is 103 cm³/mol. The van der Waals surface area contributed by atoms with Crippen molar-refractivity contribution in [2.45, 2.75) is 19.9 Å². The van der Waals surface area contributed by atoms with Crippen LogP contribution in [0, 0.1) is 0 Å². The van der Waals surface area contributed by atoms with Crippen LogP contribution >= 0.6 is 12.2 Å². The maximum atomic E-state index is 12.8. The Morgan fingerprint density at radius 2 is 1.68 bits per heavy atom. The van der Waals surface area contributed by atoms with Crippen molar-refractivity contribution in [3.63, 3.8) is 0 Å². The van der Waals surface area contributed by atoms with E-state index in [0.717, 1.165) is 5.56 Å². The third-order valence-electron chi connectivity index (χ3n) is 3.59. The zero-order valence-electron chi connectivity index (χ0n) is 14.3. The summed E-state index contributed by atoms with van der Waals surface area (Å²) in [5.41, 5.74) is 2.11. The first-order valence-corrected chi connectivity index (χ1v) is 8.41. The van der Waals surface area contributed by atoms with Gasteiger partial charge in [0.05, 0.1) is 11.3 Å². The molecular weight excluding hydrogens is 334 g/mol. The lowest BCUT2D eigenvalue weighted by molar-refractivity contribution is -0.119. The summed E-state index contributed by atoms with van der Waals surface area (Å²) < 4.78 is 0. The zero-order valence-corrected chi connectivity index (χ0v) is 15.1. The molecule has 2 amide bonds. The average molecular weight is 355 g/mol. The number of rotatable bonds is 5. The standard InChI is InChI=1S/C19H21N3O2S/c1-3-17(23)21-19(25)20-16-12-8-7-11-15(16)18(24)22(2)13-14-9-5-4-6-10-14/h4-12H,3,13H2,1-2H3,(H2,20,21,23,25). The quantitative estimate of drug-likeness (QED) is 0.809. The maximum absolute atomic E-state index is 12.8. The molecule has 0 aliphatic carbocycles. The highest BCUT2D eigenvalue weighted by Crippen LogP contribution is 2.18. The number of nitrogens with one attached hydrogen (secondary N) is 2. The van der Waals surface area contributed by atoms with Crippen LogP contribution in [0.1, 0.15) is 29.3 Å². The second-order valence-corrected chi connectivity index (χ2v) is 5.96. The summed E-state index contributed by atoms with van der Waals surface area (Å²) in [4.78, 5) is 25.9. The molecule has 2 aromatic rings. The van der Waals surface area contributed by atoms with Crippen LogP contribution in [-0.2, 0) is 11.3 Å². The average Bonchev–Trinajstić information content (AvgIpc) is 2.62. The van der Waals surface area contributed by atoms with Gasteiger partial charge >= 0.3 is 0 Å². The van der Waals surface area contributed by atoms with E-state index in [9.17, 15) is 9.59 Å². The van der Waals surface area contributed by atoms with E-state index in [0.29, 0.717) is 24.2 Å². The second kappa shape index (κ2) is 8.94. The number of thiocarbonyl (C=S) groups is 1. The van der Waals surface area contributed by atoms with Crippen molar-refractivity contribution < 1.29 is 9.59 Å². The van der Waals surface area contributed by atoms with E-state index in [1.165, 1.54) is 0 Å². The Bertz CT molecular complexity index is 762. The summed E-state index contributed by atoms with van der Waals surface area (Å²) in [6.07, 6.45) is 0.336. The van der Waals surface area contributed by atoms with Crippen molar-refractivity contribution in [1.82, 2.24) is 10.2 Å². The van der Waals surface area contributed by atoms with E-state index in [2.05, 4.69) is 10.6 Å². The first-order chi connectivity index (χ1) is 12.0. The summed E-state index contributed by atoms with van der Waals surface area (Å²) >= 11 is 5.13. The van der Waals surface area contributed by atoms with Crippen molar-refractivity contribution in [3.8, 4) is 0 Å². The van der Waals surface area contributed by atoms with Gasteiger partial charge in [0.2, 0.25) is 5.91 Å². The molecule has 0 aromatic heterocycles. The van der Waals surface area contributed by atoms with Gasteiger partial charge in [0.25, 0.3) is 5.91 Å². The third kappa shape index (κ3) is 5.39. The molecule has 0 aliphatic rings. The molecule has 0 spiro atoms. The lowest BCUT2D eigenvalue weighted by atomic mass is 10.1. The zero-order chi connectivity index (χ0) is 18.2. The minimum atomic E-state index is -0.178. The smallest absolute Gasteiger partial charge is 0.256 e. The van der Waals surface area contributed by atoms with Gasteiger partial charge in [-0.25, -0.2) is 0 Å². The minimum absolute atomic E-state index is 0.128. The van der Waals surface area contributed by atoms with Crippen LogP contribution in [0.4, 0.5) is 5.69 Å². The van der Waals surface area contributed by atoms with E-state index >= 15 is 0 Å². The molecule has 0 atom stereocenters. The largest absolute Gasteiger partial charge is 0.337 e. The van der Waals surface area contributed by atoms with Crippen molar-refractivity contribution >= 4 is 34.8 Å². The highest BCUT2D eigenvalue weighted by atomic mass is 32.1. The van der Waals surface area contributed by atoms with Gasteiger partial charge in [0.1, 0.15) is 0 Å². The predicted octanol–water partition coefficient (Wildman–Crippen LogP) is 3.18. The summed E-state index contributed by atoms with van der Waals surface area (Å²) in [7, 11) is 1.75. The van der Waals surface area contributed by atoms with E-state index < -0.39 is 0 Å². The monoisotopic (exact) mass is 355 g/mol. The fourth-order valence-electron chi connectivity index (χ4n) is 2.28. The van der Waals surface area contributed by atoms with Gasteiger partial charge in [0.15, 0.2) is 5.11 Å². The third-order valence-corrected chi connectivity index (χ3v) is 3.79. The number of hydrogen-bond donors (Lipinski definition) is 2. The van der Waals surface area contributed by atoms with Crippen LogP contribution in [0.5, 0.6) is 0 Å². The number of carbonyl (C=O) groups excluding carboxylic acids is 2. The summed E-state index contributed by atoms with van der Waals surface area (Å²) in [6.45, 7) is 2.25. The Hall–Kier alpha value is -2.73. The molecule has 25 heavy (non-hydrogen) atoms. The highest BCUT2D eigenvalue weighted by Gasteiger charge is 2.16.